The topological polar surface area (TPSA) is 0 Å². The van der Waals surface area contributed by atoms with Gasteiger partial charge in [-0.3, -0.25) is 0 Å². The molecule has 0 N–H and O–H groups in total. The van der Waals surface area contributed by atoms with Gasteiger partial charge in [0.1, 0.15) is 0 Å². The number of hydrogen-bond donors (Lipinski definition) is 0. The highest BCUT2D eigenvalue weighted by Crippen LogP contribution is 2.07. The number of rotatable bonds is 4. The predicted molar refractivity (Wildman–Crippen MR) is 118 cm³/mol. The Kier molecular flexibility index (Phi) is 33.9. The van der Waals surface area contributed by atoms with Crippen molar-refractivity contribution >= 4 is 0 Å². The average molecular weight is 335 g/mol. The summed E-state index contributed by atoms with van der Waals surface area (Å²) in [5.74, 6) is 0. The lowest BCUT2D eigenvalue weighted by Crippen LogP contribution is -1.78. The standard InChI is InChI=1S/C9H12.C9H16.C3H8.C2H6.CH4/c1-2-6-9-7-4-3-5-8-9;1-5-7-9(4)8(3)6-2;1-3-2;1-2;/h3-5,7-8H,2,6H2,1H3;5,7H,6H2,1-4H3;3H2,1-2H3;1-2H3;1H4/b;7-5-,9-8+;;;. The molecule has 1 rings (SSSR count). The number of benzene rings is 1. The van der Waals surface area contributed by atoms with E-state index in [0.717, 1.165) is 6.42 Å². The summed E-state index contributed by atoms with van der Waals surface area (Å²) < 4.78 is 0. The van der Waals surface area contributed by atoms with E-state index in [-0.39, 0.29) is 7.43 Å². The first kappa shape index (κ1) is 30.6. The van der Waals surface area contributed by atoms with Gasteiger partial charge >= 0.3 is 0 Å². The Morgan fingerprint density at radius 3 is 1.71 bits per heavy atom. The summed E-state index contributed by atoms with van der Waals surface area (Å²) in [6, 6.07) is 10.6. The predicted octanol–water partition coefficient (Wildman–Crippen LogP) is 9.03. The van der Waals surface area contributed by atoms with Crippen molar-refractivity contribution in [3.8, 4) is 0 Å². The maximum atomic E-state index is 2.20. The highest BCUT2D eigenvalue weighted by atomic mass is 13.9. The molecule has 0 aliphatic heterocycles. The summed E-state index contributed by atoms with van der Waals surface area (Å²) in [6.45, 7) is 19.0. The van der Waals surface area contributed by atoms with Crippen molar-refractivity contribution in [2.75, 3.05) is 0 Å². The van der Waals surface area contributed by atoms with Gasteiger partial charge in [-0.1, -0.05) is 115 Å². The van der Waals surface area contributed by atoms with Crippen LogP contribution in [-0.4, -0.2) is 0 Å². The van der Waals surface area contributed by atoms with Gasteiger partial charge in [0.25, 0.3) is 0 Å². The van der Waals surface area contributed by atoms with E-state index in [1.54, 1.807) is 0 Å². The summed E-state index contributed by atoms with van der Waals surface area (Å²) in [7, 11) is 0. The van der Waals surface area contributed by atoms with Crippen molar-refractivity contribution in [1.29, 1.82) is 0 Å². The van der Waals surface area contributed by atoms with Crippen molar-refractivity contribution in [2.24, 2.45) is 0 Å². The molecule has 0 heterocycles. The summed E-state index contributed by atoms with van der Waals surface area (Å²) in [4.78, 5) is 0. The Morgan fingerprint density at radius 2 is 1.38 bits per heavy atom. The van der Waals surface area contributed by atoms with Crippen LogP contribution in [0, 0.1) is 0 Å². The van der Waals surface area contributed by atoms with E-state index in [4.69, 9.17) is 0 Å². The maximum Gasteiger partial charge on any atom is -0.0281 e. The van der Waals surface area contributed by atoms with Crippen LogP contribution in [-0.2, 0) is 6.42 Å². The van der Waals surface area contributed by atoms with E-state index in [2.05, 4.69) is 84.0 Å². The van der Waals surface area contributed by atoms with Crippen molar-refractivity contribution in [2.45, 2.75) is 95.4 Å². The third-order valence-corrected chi connectivity index (χ3v) is 3.00. The Morgan fingerprint density at radius 1 is 0.917 bits per heavy atom. The van der Waals surface area contributed by atoms with Crippen LogP contribution in [0.3, 0.4) is 0 Å². The quantitative estimate of drug-likeness (QED) is 0.482. The fraction of sp³-hybridized carbons (Fsp3) is 0.583. The zero-order valence-electron chi connectivity index (χ0n) is 17.4. The maximum absolute atomic E-state index is 2.20. The van der Waals surface area contributed by atoms with E-state index in [1.165, 1.54) is 36.0 Å². The lowest BCUT2D eigenvalue weighted by atomic mass is 10.1. The molecule has 0 heteroatoms. The van der Waals surface area contributed by atoms with E-state index in [9.17, 15) is 0 Å². The average Bonchev–Trinajstić information content (AvgIpc) is 2.59. The lowest BCUT2D eigenvalue weighted by molar-refractivity contribution is 0.922. The van der Waals surface area contributed by atoms with Gasteiger partial charge in [0.2, 0.25) is 0 Å². The van der Waals surface area contributed by atoms with E-state index >= 15 is 0 Å². The Bertz CT molecular complexity index is 368. The molecule has 0 atom stereocenters. The van der Waals surface area contributed by atoms with Gasteiger partial charge in [-0.15, -0.1) is 0 Å². The molecule has 0 radical (unpaired) electrons. The zero-order chi connectivity index (χ0) is 18.5. The van der Waals surface area contributed by atoms with E-state index in [0.29, 0.717) is 0 Å². The normalized spacial score (nSPS) is 9.88. The summed E-state index contributed by atoms with van der Waals surface area (Å²) in [5.41, 5.74) is 4.33. The molecular formula is C24H46. The molecule has 1 aromatic rings. The van der Waals surface area contributed by atoms with Crippen LogP contribution < -0.4 is 0 Å². The summed E-state index contributed by atoms with van der Waals surface area (Å²) in [6.07, 6.45) is 9.09. The number of hydrogen-bond acceptors (Lipinski definition) is 0. The first-order valence-electron chi connectivity index (χ1n) is 9.40. The van der Waals surface area contributed by atoms with Crippen molar-refractivity contribution in [3.05, 3.63) is 59.2 Å². The zero-order valence-corrected chi connectivity index (χ0v) is 17.4. The Hall–Kier alpha value is -1.30. The van der Waals surface area contributed by atoms with Crippen molar-refractivity contribution in [1.82, 2.24) is 0 Å². The summed E-state index contributed by atoms with van der Waals surface area (Å²) in [5, 5.41) is 0. The molecule has 0 aliphatic carbocycles. The Balaban J connectivity index is -0.000000127. The van der Waals surface area contributed by atoms with E-state index < -0.39 is 0 Å². The van der Waals surface area contributed by atoms with Crippen molar-refractivity contribution < 1.29 is 0 Å². The van der Waals surface area contributed by atoms with E-state index in [1.807, 2.05) is 20.8 Å². The molecule has 0 bridgehead atoms. The molecule has 24 heavy (non-hydrogen) atoms. The molecular weight excluding hydrogens is 288 g/mol. The molecule has 0 aliphatic rings. The molecule has 0 saturated heterocycles. The number of aryl methyl sites for hydroxylation is 1. The minimum atomic E-state index is 0. The van der Waals surface area contributed by atoms with Gasteiger partial charge in [0, 0.05) is 0 Å². The smallest absolute Gasteiger partial charge is 0.0281 e. The molecule has 0 amide bonds. The van der Waals surface area contributed by atoms with Crippen LogP contribution in [0.1, 0.15) is 94.6 Å². The fourth-order valence-corrected chi connectivity index (χ4v) is 1.60. The third kappa shape index (κ3) is 23.0. The highest BCUT2D eigenvalue weighted by molar-refractivity contribution is 5.21. The molecule has 0 aromatic heterocycles. The molecule has 1 aromatic carbocycles. The van der Waals surface area contributed by atoms with Gasteiger partial charge in [0.05, 0.1) is 0 Å². The second-order valence-corrected chi connectivity index (χ2v) is 5.26. The van der Waals surface area contributed by atoms with Crippen LogP contribution in [0.5, 0.6) is 0 Å². The van der Waals surface area contributed by atoms with Crippen LogP contribution in [0.2, 0.25) is 0 Å². The van der Waals surface area contributed by atoms with Gasteiger partial charge in [-0.2, -0.15) is 0 Å². The molecule has 0 saturated carbocycles. The van der Waals surface area contributed by atoms with Crippen LogP contribution in [0.25, 0.3) is 0 Å². The van der Waals surface area contributed by atoms with Gasteiger partial charge in [-0.05, 0) is 39.2 Å². The molecule has 0 fully saturated rings. The molecule has 0 spiro atoms. The first-order chi connectivity index (χ1) is 11.1. The molecule has 142 valence electrons. The van der Waals surface area contributed by atoms with Gasteiger partial charge in [-0.25, -0.2) is 0 Å². The largest absolute Gasteiger partial charge is 0.0874 e. The van der Waals surface area contributed by atoms with Crippen LogP contribution >= 0.6 is 0 Å². The second kappa shape index (κ2) is 26.6. The van der Waals surface area contributed by atoms with Crippen LogP contribution in [0.15, 0.2) is 53.6 Å². The second-order valence-electron chi connectivity index (χ2n) is 5.26. The molecule has 0 unspecified atom stereocenters. The molecule has 0 nitrogen and oxygen atoms in total. The van der Waals surface area contributed by atoms with Crippen LogP contribution in [0.4, 0.5) is 0 Å². The SMILES string of the molecule is C.C/C=C\C(C)=C(/C)CC.CC.CCC.CCCc1ccccc1. The minimum Gasteiger partial charge on any atom is -0.0874 e. The fourth-order valence-electron chi connectivity index (χ4n) is 1.60. The Labute approximate surface area is 155 Å². The lowest BCUT2D eigenvalue weighted by Gasteiger charge is -1.97. The van der Waals surface area contributed by atoms with Gasteiger partial charge in [0.15, 0.2) is 0 Å². The highest BCUT2D eigenvalue weighted by Gasteiger charge is 1.86. The summed E-state index contributed by atoms with van der Waals surface area (Å²) >= 11 is 0. The van der Waals surface area contributed by atoms with Gasteiger partial charge < -0.3 is 0 Å². The minimum absolute atomic E-state index is 0. The monoisotopic (exact) mass is 334 g/mol. The first-order valence-corrected chi connectivity index (χ1v) is 9.40. The number of allylic oxidation sites excluding steroid dienone is 4. The third-order valence-electron chi connectivity index (χ3n) is 3.00. The van der Waals surface area contributed by atoms with Crippen molar-refractivity contribution in [3.63, 3.8) is 0 Å².